The van der Waals surface area contributed by atoms with E-state index in [1.807, 2.05) is 0 Å². The maximum atomic E-state index is 11.0. The highest BCUT2D eigenvalue weighted by Gasteiger charge is 2.13. The van der Waals surface area contributed by atoms with Crippen LogP contribution in [0.25, 0.3) is 0 Å². The molecule has 0 radical (unpaired) electrons. The van der Waals surface area contributed by atoms with Gasteiger partial charge in [-0.15, -0.1) is 5.92 Å². The molecule has 0 saturated carbocycles. The van der Waals surface area contributed by atoms with E-state index in [-0.39, 0.29) is 11.8 Å². The van der Waals surface area contributed by atoms with Gasteiger partial charge < -0.3 is 0 Å². The molecule has 0 spiro atoms. The van der Waals surface area contributed by atoms with Crippen molar-refractivity contribution in [3.63, 3.8) is 0 Å². The summed E-state index contributed by atoms with van der Waals surface area (Å²) in [7, 11) is -3.12. The van der Waals surface area contributed by atoms with Crippen molar-refractivity contribution in [1.82, 2.24) is 4.72 Å². The van der Waals surface area contributed by atoms with Crippen molar-refractivity contribution in [1.29, 1.82) is 0 Å². The molecular weight excluding hydrogens is 162 g/mol. The lowest BCUT2D eigenvalue weighted by Gasteiger charge is -2.05. The Hall–Kier alpha value is -0.530. The fraction of sp³-hybridized carbons (Fsp3) is 0.714. The van der Waals surface area contributed by atoms with Gasteiger partial charge in [0.2, 0.25) is 10.0 Å². The van der Waals surface area contributed by atoms with Crippen molar-refractivity contribution in [2.75, 3.05) is 6.54 Å². The van der Waals surface area contributed by atoms with Crippen molar-refractivity contribution >= 4 is 10.0 Å². The monoisotopic (exact) mass is 175 g/mol. The van der Waals surface area contributed by atoms with Crippen molar-refractivity contribution in [3.05, 3.63) is 0 Å². The van der Waals surface area contributed by atoms with E-state index in [2.05, 4.69) is 16.6 Å². The van der Waals surface area contributed by atoms with E-state index in [9.17, 15) is 8.42 Å². The molecule has 3 nitrogen and oxygen atoms in total. The minimum absolute atomic E-state index is 0.205. The lowest BCUT2D eigenvalue weighted by Crippen LogP contribution is -2.30. The SMILES string of the molecule is CC#CCNS(=O)(=O)C(C)C. The molecule has 64 valence electrons. The third kappa shape index (κ3) is 4.02. The third-order valence-electron chi connectivity index (χ3n) is 1.16. The second-order valence-corrected chi connectivity index (χ2v) is 4.66. The Bertz CT molecular complexity index is 256. The summed E-state index contributed by atoms with van der Waals surface area (Å²) < 4.78 is 24.4. The van der Waals surface area contributed by atoms with Crippen LogP contribution < -0.4 is 4.72 Å². The van der Waals surface area contributed by atoms with Crippen molar-refractivity contribution in [2.24, 2.45) is 0 Å². The molecule has 0 aliphatic heterocycles. The highest BCUT2D eigenvalue weighted by Crippen LogP contribution is 1.93. The Morgan fingerprint density at radius 3 is 2.36 bits per heavy atom. The topological polar surface area (TPSA) is 46.2 Å². The normalized spacial score (nSPS) is 10.9. The molecule has 0 atom stereocenters. The van der Waals surface area contributed by atoms with Gasteiger partial charge in [0, 0.05) is 0 Å². The Balaban J connectivity index is 4.02. The molecule has 0 amide bonds. The van der Waals surface area contributed by atoms with Crippen LogP contribution in [0, 0.1) is 11.8 Å². The molecular formula is C7H13NO2S. The summed E-state index contributed by atoms with van der Waals surface area (Å²) in [6.45, 7) is 5.13. The molecule has 0 fully saturated rings. The summed E-state index contributed by atoms with van der Waals surface area (Å²) in [5, 5.41) is -0.388. The van der Waals surface area contributed by atoms with Crippen molar-refractivity contribution in [3.8, 4) is 11.8 Å². The maximum Gasteiger partial charge on any atom is 0.214 e. The first-order valence-corrected chi connectivity index (χ1v) is 4.93. The van der Waals surface area contributed by atoms with Crippen LogP contribution in [0.4, 0.5) is 0 Å². The zero-order chi connectivity index (χ0) is 8.91. The average Bonchev–Trinajstić information content (AvgIpc) is 1.88. The summed E-state index contributed by atoms with van der Waals surface area (Å²) in [6.07, 6.45) is 0. The van der Waals surface area contributed by atoms with Crippen LogP contribution in [-0.2, 0) is 10.0 Å². The molecule has 0 aromatic rings. The molecule has 0 aromatic carbocycles. The summed E-state index contributed by atoms with van der Waals surface area (Å²) in [4.78, 5) is 0. The van der Waals surface area contributed by atoms with Crippen LogP contribution in [-0.4, -0.2) is 20.2 Å². The second kappa shape index (κ2) is 4.37. The largest absolute Gasteiger partial charge is 0.214 e. The van der Waals surface area contributed by atoms with Gasteiger partial charge in [0.1, 0.15) is 0 Å². The molecule has 0 aromatic heterocycles. The van der Waals surface area contributed by atoms with Gasteiger partial charge >= 0.3 is 0 Å². The first kappa shape index (κ1) is 10.5. The molecule has 0 saturated heterocycles. The van der Waals surface area contributed by atoms with Gasteiger partial charge in [-0.1, -0.05) is 5.92 Å². The lowest BCUT2D eigenvalue weighted by molar-refractivity contribution is 0.577. The number of hydrogen-bond acceptors (Lipinski definition) is 2. The number of sulfonamides is 1. The Morgan fingerprint density at radius 1 is 1.45 bits per heavy atom. The van der Waals surface area contributed by atoms with Crippen LogP contribution in [0.15, 0.2) is 0 Å². The highest BCUT2D eigenvalue weighted by atomic mass is 32.2. The second-order valence-electron chi connectivity index (χ2n) is 2.34. The Labute approximate surface area is 68.2 Å². The van der Waals surface area contributed by atoms with E-state index >= 15 is 0 Å². The van der Waals surface area contributed by atoms with Gasteiger partial charge in [0.15, 0.2) is 0 Å². The predicted octanol–water partition coefficient (Wildman–Crippen LogP) is 0.337. The van der Waals surface area contributed by atoms with E-state index in [4.69, 9.17) is 0 Å². The molecule has 0 unspecified atom stereocenters. The van der Waals surface area contributed by atoms with Gasteiger partial charge in [0.25, 0.3) is 0 Å². The van der Waals surface area contributed by atoms with Gasteiger partial charge in [-0.3, -0.25) is 0 Å². The van der Waals surface area contributed by atoms with E-state index < -0.39 is 10.0 Å². The van der Waals surface area contributed by atoms with E-state index in [0.717, 1.165) is 0 Å². The number of rotatable bonds is 3. The predicted molar refractivity (Wildman–Crippen MR) is 45.5 cm³/mol. The van der Waals surface area contributed by atoms with Crippen LogP contribution in [0.1, 0.15) is 20.8 Å². The van der Waals surface area contributed by atoms with Crippen molar-refractivity contribution in [2.45, 2.75) is 26.0 Å². The summed E-state index contributed by atoms with van der Waals surface area (Å²) in [5.74, 6) is 5.22. The van der Waals surface area contributed by atoms with Crippen LogP contribution in [0.3, 0.4) is 0 Å². The molecule has 0 bridgehead atoms. The van der Waals surface area contributed by atoms with Gasteiger partial charge in [-0.2, -0.15) is 0 Å². The Kier molecular flexibility index (Phi) is 4.16. The first-order chi connectivity index (χ1) is 5.00. The number of hydrogen-bond donors (Lipinski definition) is 1. The third-order valence-corrected chi connectivity index (χ3v) is 2.95. The summed E-state index contributed by atoms with van der Waals surface area (Å²) in [6, 6.07) is 0. The molecule has 1 N–H and O–H groups in total. The zero-order valence-corrected chi connectivity index (χ0v) is 7.83. The van der Waals surface area contributed by atoms with Crippen LogP contribution >= 0.6 is 0 Å². The summed E-state index contributed by atoms with van der Waals surface area (Å²) in [5.41, 5.74) is 0. The van der Waals surface area contributed by atoms with E-state index in [1.54, 1.807) is 20.8 Å². The van der Waals surface area contributed by atoms with Crippen LogP contribution in [0.5, 0.6) is 0 Å². The molecule has 11 heavy (non-hydrogen) atoms. The maximum absolute atomic E-state index is 11.0. The van der Waals surface area contributed by atoms with E-state index in [1.165, 1.54) is 0 Å². The molecule has 0 heterocycles. The molecule has 0 rings (SSSR count). The summed E-state index contributed by atoms with van der Waals surface area (Å²) >= 11 is 0. The number of nitrogens with one attached hydrogen (secondary N) is 1. The lowest BCUT2D eigenvalue weighted by atomic mass is 10.6. The fourth-order valence-electron chi connectivity index (χ4n) is 0.392. The van der Waals surface area contributed by atoms with Crippen molar-refractivity contribution < 1.29 is 8.42 Å². The quantitative estimate of drug-likeness (QED) is 0.629. The van der Waals surface area contributed by atoms with E-state index in [0.29, 0.717) is 0 Å². The van der Waals surface area contributed by atoms with Gasteiger partial charge in [-0.25, -0.2) is 13.1 Å². The highest BCUT2D eigenvalue weighted by molar-refractivity contribution is 7.90. The standard InChI is InChI=1S/C7H13NO2S/c1-4-5-6-8-11(9,10)7(2)3/h7-8H,6H2,1-3H3. The van der Waals surface area contributed by atoms with Gasteiger partial charge in [-0.05, 0) is 20.8 Å². The molecule has 4 heteroatoms. The fourth-order valence-corrected chi connectivity index (χ4v) is 0.998. The smallest absolute Gasteiger partial charge is 0.212 e. The minimum atomic E-state index is -3.12. The Morgan fingerprint density at radius 2 is 2.00 bits per heavy atom. The zero-order valence-electron chi connectivity index (χ0n) is 7.01. The average molecular weight is 175 g/mol. The first-order valence-electron chi connectivity index (χ1n) is 3.38. The minimum Gasteiger partial charge on any atom is -0.212 e. The van der Waals surface area contributed by atoms with Crippen LogP contribution in [0.2, 0.25) is 0 Å². The molecule has 0 aliphatic rings. The van der Waals surface area contributed by atoms with Gasteiger partial charge in [0.05, 0.1) is 11.8 Å². The molecule has 0 aliphatic carbocycles.